The molecule has 8 aromatic heterocycles. The SMILES string of the molecule is CCN1CCN(c2ccc3nc(-c4cc5cc(C)nc(C)c5o4)cc(=O)n3c2)CC1.Cc1cn2nc(-c3cc(=O)n4cc(N5CCC6C(CCN6C)C5)ccc4n3)cc2c(C)n1. The largest absolute Gasteiger partial charge is 0.453 e. The Bertz CT molecular complexity index is 3120. The molecule has 11 heterocycles. The first kappa shape index (κ1) is 39.7. The molecule has 0 aliphatic carbocycles. The van der Waals surface area contributed by atoms with E-state index in [-0.39, 0.29) is 11.1 Å². The van der Waals surface area contributed by atoms with E-state index in [2.05, 4.69) is 59.7 Å². The Balaban J connectivity index is 0.000000148. The van der Waals surface area contributed by atoms with Gasteiger partial charge in [0.15, 0.2) is 11.3 Å². The predicted octanol–water partition coefficient (Wildman–Crippen LogP) is 5.81. The highest BCUT2D eigenvalue weighted by atomic mass is 16.3. The van der Waals surface area contributed by atoms with E-state index >= 15 is 0 Å². The molecule has 0 radical (unpaired) electrons. The van der Waals surface area contributed by atoms with Gasteiger partial charge in [-0.3, -0.25) is 28.4 Å². The first-order chi connectivity index (χ1) is 30.0. The van der Waals surface area contributed by atoms with Gasteiger partial charge in [-0.1, -0.05) is 6.92 Å². The zero-order valence-corrected chi connectivity index (χ0v) is 36.2. The lowest BCUT2D eigenvalue weighted by Crippen LogP contribution is -2.46. The highest BCUT2D eigenvalue weighted by Crippen LogP contribution is 2.33. The lowest BCUT2D eigenvalue weighted by molar-refractivity contribution is 0.239. The number of aryl methyl sites for hydroxylation is 4. The van der Waals surface area contributed by atoms with Crippen LogP contribution in [0.15, 0.2) is 87.2 Å². The van der Waals surface area contributed by atoms with E-state index in [4.69, 9.17) is 9.40 Å². The molecule has 62 heavy (non-hydrogen) atoms. The molecule has 15 nitrogen and oxygen atoms in total. The van der Waals surface area contributed by atoms with Crippen molar-refractivity contribution in [3.05, 3.63) is 117 Å². The van der Waals surface area contributed by atoms with E-state index in [1.807, 2.05) is 87.2 Å². The molecule has 3 aliphatic rings. The number of likely N-dealkylation sites (N-methyl/N-ethyl adjacent to an activating group) is 1. The Morgan fingerprint density at radius 1 is 0.661 bits per heavy atom. The molecule has 0 N–H and O–H groups in total. The van der Waals surface area contributed by atoms with E-state index < -0.39 is 0 Å². The highest BCUT2D eigenvalue weighted by Gasteiger charge is 2.36. The molecule has 11 rings (SSSR count). The van der Waals surface area contributed by atoms with Crippen LogP contribution < -0.4 is 20.9 Å². The number of piperazine rings is 1. The van der Waals surface area contributed by atoms with Gasteiger partial charge in [0.05, 0.1) is 45.9 Å². The second-order valence-corrected chi connectivity index (χ2v) is 17.1. The number of hydrogen-bond donors (Lipinski definition) is 0. The quantitative estimate of drug-likeness (QED) is 0.207. The predicted molar refractivity (Wildman–Crippen MR) is 243 cm³/mol. The lowest BCUT2D eigenvalue weighted by atomic mass is 9.93. The number of hydrogen-bond acceptors (Lipinski definition) is 12. The summed E-state index contributed by atoms with van der Waals surface area (Å²) in [7, 11) is 2.24. The van der Waals surface area contributed by atoms with Crippen molar-refractivity contribution in [1.82, 2.24) is 48.2 Å². The van der Waals surface area contributed by atoms with Gasteiger partial charge in [-0.25, -0.2) is 14.5 Å². The minimum Gasteiger partial charge on any atom is -0.453 e. The molecule has 0 saturated carbocycles. The van der Waals surface area contributed by atoms with Crippen LogP contribution in [-0.2, 0) is 0 Å². The number of aromatic nitrogens is 8. The van der Waals surface area contributed by atoms with Gasteiger partial charge in [-0.05, 0) is 109 Å². The summed E-state index contributed by atoms with van der Waals surface area (Å²) in [6.45, 7) is 18.3. The summed E-state index contributed by atoms with van der Waals surface area (Å²) in [5.74, 6) is 1.29. The Morgan fingerprint density at radius 3 is 2.06 bits per heavy atom. The molecular formula is C47H52N12O3. The minimum absolute atomic E-state index is 0.0922. The summed E-state index contributed by atoms with van der Waals surface area (Å²) < 4.78 is 11.1. The molecular weight excluding hydrogens is 781 g/mol. The van der Waals surface area contributed by atoms with Crippen molar-refractivity contribution in [3.63, 3.8) is 0 Å². The van der Waals surface area contributed by atoms with Gasteiger partial charge >= 0.3 is 0 Å². The fourth-order valence-corrected chi connectivity index (χ4v) is 9.70. The van der Waals surface area contributed by atoms with Crippen molar-refractivity contribution >= 4 is 39.2 Å². The topological polar surface area (TPSA) is 138 Å². The van der Waals surface area contributed by atoms with Crippen molar-refractivity contribution in [3.8, 4) is 22.8 Å². The number of rotatable bonds is 5. The maximum Gasteiger partial charge on any atom is 0.258 e. The van der Waals surface area contributed by atoms with Crippen molar-refractivity contribution in [1.29, 1.82) is 0 Å². The van der Waals surface area contributed by atoms with Crippen LogP contribution >= 0.6 is 0 Å². The maximum atomic E-state index is 13.0. The summed E-state index contributed by atoms with van der Waals surface area (Å²) in [6, 6.07) is 17.7. The first-order valence-electron chi connectivity index (χ1n) is 21.7. The van der Waals surface area contributed by atoms with Gasteiger partial charge in [0.2, 0.25) is 0 Å². The van der Waals surface area contributed by atoms with Crippen molar-refractivity contribution in [2.24, 2.45) is 5.92 Å². The van der Waals surface area contributed by atoms with Gasteiger partial charge < -0.3 is 24.0 Å². The van der Waals surface area contributed by atoms with Crippen molar-refractivity contribution < 1.29 is 4.42 Å². The van der Waals surface area contributed by atoms with E-state index in [1.54, 1.807) is 20.9 Å². The van der Waals surface area contributed by atoms with Crippen molar-refractivity contribution in [2.75, 3.05) is 69.2 Å². The number of furan rings is 1. The number of nitrogens with zero attached hydrogens (tertiary/aromatic N) is 12. The van der Waals surface area contributed by atoms with Crippen LogP contribution in [0.5, 0.6) is 0 Å². The molecule has 3 saturated heterocycles. The molecule has 0 spiro atoms. The fraction of sp³-hybridized carbons (Fsp3) is 0.383. The first-order valence-corrected chi connectivity index (χ1v) is 21.7. The van der Waals surface area contributed by atoms with Crippen LogP contribution in [0.25, 0.3) is 50.6 Å². The highest BCUT2D eigenvalue weighted by molar-refractivity contribution is 5.84. The van der Waals surface area contributed by atoms with Crippen LogP contribution in [0.4, 0.5) is 11.4 Å². The molecule has 15 heteroatoms. The number of likely N-dealkylation sites (tertiary alicyclic amines) is 1. The summed E-state index contributed by atoms with van der Waals surface area (Å²) in [4.78, 5) is 54.0. The second-order valence-electron chi connectivity index (χ2n) is 17.1. The molecule has 0 aromatic carbocycles. The Labute approximate surface area is 358 Å². The molecule has 0 amide bonds. The van der Waals surface area contributed by atoms with Gasteiger partial charge in [0, 0.05) is 80.9 Å². The second kappa shape index (κ2) is 15.8. The Kier molecular flexibility index (Phi) is 10.1. The summed E-state index contributed by atoms with van der Waals surface area (Å²) in [6.07, 6.45) is 8.15. The molecule has 8 aromatic rings. The number of fused-ring (bicyclic) bond motifs is 5. The third kappa shape index (κ3) is 7.38. The smallest absolute Gasteiger partial charge is 0.258 e. The standard InChI is InChI=1S/C24H27N7O.C23H25N5O2/c1-15-12-31-22(16(2)25-15)10-20(27-31)19-11-24(32)30-14-18(4-5-23(30)26-19)29-9-7-21-17(13-29)6-8-28(21)3;1-4-26-7-9-27(10-8-26)18-5-6-21-25-19(13-22(29)28(21)14-18)20-12-17-11-15(2)24-16(3)23(17)30-20/h4-5,10-12,14,17,21H,6-9,13H2,1-3H3;5-6,11-14H,4,7-10H2,1-3H3. The molecule has 2 atom stereocenters. The average Bonchev–Trinajstić information content (AvgIpc) is 4.01. The monoisotopic (exact) mass is 832 g/mol. The zero-order valence-electron chi connectivity index (χ0n) is 36.2. The van der Waals surface area contributed by atoms with Gasteiger partial charge in [0.25, 0.3) is 11.1 Å². The van der Waals surface area contributed by atoms with Crippen LogP contribution in [0.2, 0.25) is 0 Å². The van der Waals surface area contributed by atoms with E-state index in [0.717, 1.165) is 96.4 Å². The number of piperidine rings is 1. The summed E-state index contributed by atoms with van der Waals surface area (Å²) >= 11 is 0. The Hall–Kier alpha value is -6.45. The van der Waals surface area contributed by atoms with E-state index in [1.165, 1.54) is 19.4 Å². The molecule has 3 aliphatic heterocycles. The van der Waals surface area contributed by atoms with E-state index in [0.29, 0.717) is 46.1 Å². The van der Waals surface area contributed by atoms with Crippen LogP contribution in [0, 0.1) is 33.6 Å². The summed E-state index contributed by atoms with van der Waals surface area (Å²) in [5.41, 5.74) is 10.2. The van der Waals surface area contributed by atoms with Crippen LogP contribution in [0.3, 0.4) is 0 Å². The molecule has 2 unspecified atom stereocenters. The lowest BCUT2D eigenvalue weighted by Gasteiger charge is -2.38. The molecule has 0 bridgehead atoms. The number of anilines is 2. The average molecular weight is 833 g/mol. The van der Waals surface area contributed by atoms with Crippen LogP contribution in [0.1, 0.15) is 42.5 Å². The fourth-order valence-electron chi connectivity index (χ4n) is 9.70. The zero-order chi connectivity index (χ0) is 42.8. The maximum absolute atomic E-state index is 13.0. The van der Waals surface area contributed by atoms with Crippen molar-refractivity contribution in [2.45, 2.75) is 53.5 Å². The number of pyridine rings is 3. The molecule has 318 valence electrons. The Morgan fingerprint density at radius 2 is 1.34 bits per heavy atom. The molecule has 3 fully saturated rings. The summed E-state index contributed by atoms with van der Waals surface area (Å²) in [5, 5.41) is 5.61. The van der Waals surface area contributed by atoms with E-state index in [9.17, 15) is 9.59 Å². The normalized spacial score (nSPS) is 18.5. The van der Waals surface area contributed by atoms with Gasteiger partial charge in [0.1, 0.15) is 22.7 Å². The van der Waals surface area contributed by atoms with Gasteiger partial charge in [-0.15, -0.1) is 0 Å². The van der Waals surface area contributed by atoms with Crippen LogP contribution in [-0.4, -0.2) is 114 Å². The minimum atomic E-state index is -0.115. The third-order valence-corrected chi connectivity index (χ3v) is 13.0. The third-order valence-electron chi connectivity index (χ3n) is 13.0. The van der Waals surface area contributed by atoms with Gasteiger partial charge in [-0.2, -0.15) is 5.10 Å².